The quantitative estimate of drug-likeness (QED) is 0.638. The molecule has 1 atom stereocenters. The molecule has 1 aliphatic rings. The maximum Gasteiger partial charge on any atom is 0.310 e. The van der Waals surface area contributed by atoms with Gasteiger partial charge in [-0.05, 0) is 25.9 Å². The number of carbonyl (C=O) groups is 1. The first kappa shape index (κ1) is 13.4. The Kier molecular flexibility index (Phi) is 4.73. The predicted octanol–water partition coefficient (Wildman–Crippen LogP) is -0.0840. The highest BCUT2D eigenvalue weighted by atomic mass is 32.2. The van der Waals surface area contributed by atoms with Gasteiger partial charge in [-0.15, -0.1) is 0 Å². The molecule has 16 heavy (non-hydrogen) atoms. The second-order valence-corrected chi connectivity index (χ2v) is 6.55. The largest absolute Gasteiger partial charge is 0.469 e. The van der Waals surface area contributed by atoms with E-state index in [1.807, 2.05) is 0 Å². The van der Waals surface area contributed by atoms with Crippen LogP contribution in [-0.4, -0.2) is 58.0 Å². The molecule has 0 radical (unpaired) electrons. The number of methoxy groups -OCH3 is 1. The fraction of sp³-hybridized carbons (Fsp3) is 0.900. The summed E-state index contributed by atoms with van der Waals surface area (Å²) in [6, 6.07) is 0. The number of hydrogen-bond acceptors (Lipinski definition) is 5. The van der Waals surface area contributed by atoms with Crippen LogP contribution in [0, 0.1) is 5.92 Å². The van der Waals surface area contributed by atoms with Gasteiger partial charge in [0.05, 0.1) is 18.8 Å². The lowest BCUT2D eigenvalue weighted by Crippen LogP contribution is -2.26. The van der Waals surface area contributed by atoms with E-state index in [1.54, 1.807) is 0 Å². The highest BCUT2D eigenvalue weighted by molar-refractivity contribution is 7.90. The Labute approximate surface area is 96.7 Å². The van der Waals surface area contributed by atoms with E-state index in [9.17, 15) is 13.2 Å². The van der Waals surface area contributed by atoms with Gasteiger partial charge >= 0.3 is 5.97 Å². The molecule has 1 aliphatic heterocycles. The molecule has 1 fully saturated rings. The van der Waals surface area contributed by atoms with Crippen LogP contribution in [-0.2, 0) is 19.4 Å². The topological polar surface area (TPSA) is 63.7 Å². The molecule has 94 valence electrons. The number of nitrogens with zero attached hydrogens (tertiary/aromatic N) is 1. The molecule has 0 aromatic heterocycles. The summed E-state index contributed by atoms with van der Waals surface area (Å²) in [5, 5.41) is 0. The second kappa shape index (κ2) is 5.63. The zero-order valence-electron chi connectivity index (χ0n) is 9.81. The smallest absolute Gasteiger partial charge is 0.310 e. The Morgan fingerprint density at radius 2 is 2.19 bits per heavy atom. The van der Waals surface area contributed by atoms with Gasteiger partial charge < -0.3 is 9.64 Å². The van der Waals surface area contributed by atoms with Crippen LogP contribution in [0.3, 0.4) is 0 Å². The Hall–Kier alpha value is -0.620. The van der Waals surface area contributed by atoms with Crippen LogP contribution in [0.1, 0.15) is 12.8 Å². The van der Waals surface area contributed by atoms with E-state index in [2.05, 4.69) is 9.64 Å². The van der Waals surface area contributed by atoms with Gasteiger partial charge in [0.15, 0.2) is 0 Å². The van der Waals surface area contributed by atoms with E-state index >= 15 is 0 Å². The summed E-state index contributed by atoms with van der Waals surface area (Å²) in [4.78, 5) is 13.4. The lowest BCUT2D eigenvalue weighted by molar-refractivity contribution is -0.144. The fourth-order valence-corrected chi connectivity index (χ4v) is 2.60. The molecule has 0 aromatic rings. The van der Waals surface area contributed by atoms with Crippen LogP contribution in [0.2, 0.25) is 0 Å². The lowest BCUT2D eigenvalue weighted by atomic mass is 10.1. The van der Waals surface area contributed by atoms with E-state index in [-0.39, 0.29) is 17.6 Å². The van der Waals surface area contributed by atoms with Crippen molar-refractivity contribution in [2.24, 2.45) is 5.92 Å². The third-order valence-corrected chi connectivity index (χ3v) is 3.83. The summed E-state index contributed by atoms with van der Waals surface area (Å²) < 4.78 is 26.5. The van der Waals surface area contributed by atoms with Gasteiger partial charge in [0.2, 0.25) is 0 Å². The summed E-state index contributed by atoms with van der Waals surface area (Å²) >= 11 is 0. The average Bonchev–Trinajstić information content (AvgIpc) is 2.63. The monoisotopic (exact) mass is 249 g/mol. The highest BCUT2D eigenvalue weighted by Gasteiger charge is 2.28. The first-order valence-electron chi connectivity index (χ1n) is 5.40. The first-order chi connectivity index (χ1) is 7.42. The van der Waals surface area contributed by atoms with Crippen LogP contribution in [0.25, 0.3) is 0 Å². The van der Waals surface area contributed by atoms with Crippen molar-refractivity contribution in [1.29, 1.82) is 0 Å². The number of esters is 1. The number of likely N-dealkylation sites (tertiary alicyclic amines) is 1. The molecule has 0 N–H and O–H groups in total. The molecule has 0 amide bonds. The van der Waals surface area contributed by atoms with Crippen LogP contribution >= 0.6 is 0 Å². The van der Waals surface area contributed by atoms with Crippen LogP contribution < -0.4 is 0 Å². The number of carbonyl (C=O) groups excluding carboxylic acids is 1. The fourth-order valence-electron chi connectivity index (χ4n) is 1.95. The van der Waals surface area contributed by atoms with Crippen molar-refractivity contribution < 1.29 is 17.9 Å². The summed E-state index contributed by atoms with van der Waals surface area (Å²) in [6.07, 6.45) is 2.69. The third kappa shape index (κ3) is 4.49. The van der Waals surface area contributed by atoms with Crippen LogP contribution in [0.5, 0.6) is 0 Å². The Bertz CT molecular complexity index is 339. The number of hydrogen-bond donors (Lipinski definition) is 0. The molecule has 0 saturated carbocycles. The van der Waals surface area contributed by atoms with Gasteiger partial charge in [-0.1, -0.05) is 0 Å². The Morgan fingerprint density at radius 3 is 2.75 bits per heavy atom. The van der Waals surface area contributed by atoms with E-state index in [4.69, 9.17) is 0 Å². The van der Waals surface area contributed by atoms with E-state index in [0.717, 1.165) is 19.5 Å². The molecule has 0 bridgehead atoms. The molecule has 0 aromatic carbocycles. The van der Waals surface area contributed by atoms with Crippen molar-refractivity contribution >= 4 is 15.8 Å². The summed E-state index contributed by atoms with van der Waals surface area (Å²) in [7, 11) is -1.47. The van der Waals surface area contributed by atoms with Gasteiger partial charge in [-0.2, -0.15) is 0 Å². The van der Waals surface area contributed by atoms with Crippen molar-refractivity contribution in [3.8, 4) is 0 Å². The minimum absolute atomic E-state index is 0.0387. The number of rotatable bonds is 5. The normalized spacial score (nSPS) is 22.2. The molecule has 1 unspecified atom stereocenters. The zero-order chi connectivity index (χ0) is 12.2. The van der Waals surface area contributed by atoms with Gasteiger partial charge in [-0.25, -0.2) is 8.42 Å². The standard InChI is InChI=1S/C10H19NO4S/c1-15-10(12)9-4-6-11(8-9)5-3-7-16(2,13)14/h9H,3-8H2,1-2H3. The zero-order valence-corrected chi connectivity index (χ0v) is 10.6. The van der Waals surface area contributed by atoms with Gasteiger partial charge in [-0.3, -0.25) is 4.79 Å². The van der Waals surface area contributed by atoms with Crippen LogP contribution in [0.15, 0.2) is 0 Å². The molecule has 0 spiro atoms. The average molecular weight is 249 g/mol. The summed E-state index contributed by atoms with van der Waals surface area (Å²) in [5.74, 6) is 0.0145. The molecule has 0 aliphatic carbocycles. The molecule has 1 heterocycles. The van der Waals surface area contributed by atoms with Gasteiger partial charge in [0, 0.05) is 12.8 Å². The maximum atomic E-state index is 11.2. The minimum Gasteiger partial charge on any atom is -0.469 e. The second-order valence-electron chi connectivity index (χ2n) is 4.29. The number of ether oxygens (including phenoxy) is 1. The van der Waals surface area contributed by atoms with Crippen LogP contribution in [0.4, 0.5) is 0 Å². The van der Waals surface area contributed by atoms with E-state index in [1.165, 1.54) is 13.4 Å². The predicted molar refractivity (Wildman–Crippen MR) is 60.9 cm³/mol. The number of sulfone groups is 1. The first-order valence-corrected chi connectivity index (χ1v) is 7.46. The summed E-state index contributed by atoms with van der Waals surface area (Å²) in [5.41, 5.74) is 0. The third-order valence-electron chi connectivity index (χ3n) is 2.80. The molecule has 6 heteroatoms. The van der Waals surface area contributed by atoms with E-state index in [0.29, 0.717) is 13.0 Å². The minimum atomic E-state index is -2.87. The molecule has 5 nitrogen and oxygen atoms in total. The van der Waals surface area contributed by atoms with Crippen molar-refractivity contribution in [2.75, 3.05) is 38.8 Å². The van der Waals surface area contributed by atoms with Gasteiger partial charge in [0.1, 0.15) is 9.84 Å². The SMILES string of the molecule is COC(=O)C1CCN(CCCS(C)(=O)=O)C1. The summed E-state index contributed by atoms with van der Waals surface area (Å²) in [6.45, 7) is 2.28. The van der Waals surface area contributed by atoms with Crippen molar-refractivity contribution in [2.45, 2.75) is 12.8 Å². The van der Waals surface area contributed by atoms with Crippen molar-refractivity contribution in [3.05, 3.63) is 0 Å². The Morgan fingerprint density at radius 1 is 1.50 bits per heavy atom. The lowest BCUT2D eigenvalue weighted by Gasteiger charge is -2.14. The van der Waals surface area contributed by atoms with Crippen molar-refractivity contribution in [1.82, 2.24) is 4.90 Å². The van der Waals surface area contributed by atoms with Crippen molar-refractivity contribution in [3.63, 3.8) is 0 Å². The molecule has 1 saturated heterocycles. The molecular formula is C10H19NO4S. The Balaban J connectivity index is 2.24. The molecular weight excluding hydrogens is 230 g/mol. The molecule has 1 rings (SSSR count). The maximum absolute atomic E-state index is 11.2. The van der Waals surface area contributed by atoms with Gasteiger partial charge in [0.25, 0.3) is 0 Å². The van der Waals surface area contributed by atoms with E-state index < -0.39 is 9.84 Å². The highest BCUT2D eigenvalue weighted by Crippen LogP contribution is 2.17.